The van der Waals surface area contributed by atoms with Crippen molar-refractivity contribution in [3.63, 3.8) is 0 Å². The average molecular weight is 269 g/mol. The van der Waals surface area contributed by atoms with Crippen LogP contribution in [0.1, 0.15) is 5.56 Å². The Balaban J connectivity index is 1.77. The van der Waals surface area contributed by atoms with Gasteiger partial charge in [-0.15, -0.1) is 0 Å². The van der Waals surface area contributed by atoms with Crippen molar-refractivity contribution in [2.24, 2.45) is 10.2 Å². The van der Waals surface area contributed by atoms with Gasteiger partial charge in [-0.1, -0.05) is 12.1 Å². The van der Waals surface area contributed by atoms with E-state index in [2.05, 4.69) is 22.4 Å². The minimum Gasteiger partial charge on any atom is -0.497 e. The number of methoxy groups -OCH3 is 1. The summed E-state index contributed by atoms with van der Waals surface area (Å²) in [4.78, 5) is 1.98. The molecule has 1 aliphatic rings. The first-order valence-electron chi connectivity index (χ1n) is 6.56. The van der Waals surface area contributed by atoms with Crippen molar-refractivity contribution in [3.8, 4) is 5.75 Å². The van der Waals surface area contributed by atoms with Crippen molar-refractivity contribution in [2.45, 2.75) is 6.42 Å². The molecule has 0 amide bonds. The molecular weight excluding hydrogens is 250 g/mol. The van der Waals surface area contributed by atoms with E-state index in [4.69, 9.17) is 4.74 Å². The van der Waals surface area contributed by atoms with Crippen molar-refractivity contribution < 1.29 is 4.74 Å². The summed E-state index contributed by atoms with van der Waals surface area (Å²) in [6.45, 7) is 0.684. The Morgan fingerprint density at radius 2 is 1.85 bits per heavy atom. The maximum Gasteiger partial charge on any atom is 0.118 e. The van der Waals surface area contributed by atoms with Crippen LogP contribution in [0.4, 0.5) is 0 Å². The normalized spacial score (nSPS) is 14.1. The van der Waals surface area contributed by atoms with Crippen molar-refractivity contribution in [3.05, 3.63) is 66.2 Å². The summed E-state index contributed by atoms with van der Waals surface area (Å²) in [6, 6.07) is 8.02. The molecule has 0 bridgehead atoms. The quantitative estimate of drug-likeness (QED) is 0.767. The summed E-state index contributed by atoms with van der Waals surface area (Å²) in [5.41, 5.74) is 2.28. The van der Waals surface area contributed by atoms with Crippen LogP contribution in [0.5, 0.6) is 5.75 Å². The lowest BCUT2D eigenvalue weighted by atomic mass is 10.1. The molecule has 20 heavy (non-hydrogen) atoms. The van der Waals surface area contributed by atoms with Gasteiger partial charge in [0.2, 0.25) is 0 Å². The van der Waals surface area contributed by atoms with Crippen LogP contribution in [-0.4, -0.2) is 25.6 Å². The van der Waals surface area contributed by atoms with E-state index >= 15 is 0 Å². The molecule has 4 heteroatoms. The molecule has 0 aliphatic carbocycles. The summed E-state index contributed by atoms with van der Waals surface area (Å²) in [7, 11) is 3.66. The molecule has 0 radical (unpaired) electrons. The fourth-order valence-electron chi connectivity index (χ4n) is 1.74. The summed E-state index contributed by atoms with van der Waals surface area (Å²) < 4.78 is 5.12. The first-order valence-corrected chi connectivity index (χ1v) is 6.56. The van der Waals surface area contributed by atoms with E-state index in [1.54, 1.807) is 13.3 Å². The Hall–Kier alpha value is -2.36. The lowest BCUT2D eigenvalue weighted by molar-refractivity contribution is 0.414. The zero-order valence-electron chi connectivity index (χ0n) is 11.9. The van der Waals surface area contributed by atoms with Gasteiger partial charge in [0.1, 0.15) is 5.75 Å². The predicted molar refractivity (Wildman–Crippen MR) is 80.5 cm³/mol. The zero-order chi connectivity index (χ0) is 14.2. The smallest absolute Gasteiger partial charge is 0.118 e. The summed E-state index contributed by atoms with van der Waals surface area (Å²) >= 11 is 0. The van der Waals surface area contributed by atoms with Crippen LogP contribution in [0.3, 0.4) is 0 Å². The molecule has 2 rings (SSSR count). The molecule has 0 saturated heterocycles. The highest BCUT2D eigenvalue weighted by Crippen LogP contribution is 2.12. The maximum absolute atomic E-state index is 5.12. The molecule has 0 unspecified atom stereocenters. The van der Waals surface area contributed by atoms with Crippen LogP contribution in [-0.2, 0) is 6.42 Å². The predicted octanol–water partition coefficient (Wildman–Crippen LogP) is 3.55. The SMILES string of the molecule is COc1ccc(CCN=NC=C2C=CN(C)C=C2)cc1. The van der Waals surface area contributed by atoms with Gasteiger partial charge in [0, 0.05) is 19.4 Å². The molecular formula is C16H19N3O. The molecule has 0 saturated carbocycles. The maximum atomic E-state index is 5.12. The molecule has 4 nitrogen and oxygen atoms in total. The summed E-state index contributed by atoms with van der Waals surface area (Å²) in [5, 5.41) is 8.24. The first kappa shape index (κ1) is 14.1. The Kier molecular flexibility index (Phi) is 5.12. The van der Waals surface area contributed by atoms with E-state index in [1.165, 1.54) is 5.56 Å². The number of allylic oxidation sites excluding steroid dienone is 3. The highest BCUT2D eigenvalue weighted by molar-refractivity contribution is 5.32. The van der Waals surface area contributed by atoms with Crippen LogP contribution in [0.2, 0.25) is 0 Å². The van der Waals surface area contributed by atoms with Crippen LogP contribution in [0, 0.1) is 0 Å². The number of hydrogen-bond acceptors (Lipinski definition) is 4. The average Bonchev–Trinajstić information content (AvgIpc) is 2.49. The van der Waals surface area contributed by atoms with Gasteiger partial charge in [-0.05, 0) is 41.8 Å². The fraction of sp³-hybridized carbons (Fsp3) is 0.250. The summed E-state index contributed by atoms with van der Waals surface area (Å²) in [5.74, 6) is 0.876. The molecule has 0 aromatic heterocycles. The molecule has 1 aliphatic heterocycles. The van der Waals surface area contributed by atoms with Gasteiger partial charge in [0.05, 0.1) is 19.9 Å². The van der Waals surface area contributed by atoms with Crippen LogP contribution in [0.25, 0.3) is 0 Å². The first-order chi connectivity index (χ1) is 9.78. The topological polar surface area (TPSA) is 37.2 Å². The third kappa shape index (κ3) is 4.39. The molecule has 1 aromatic carbocycles. The number of benzene rings is 1. The van der Waals surface area contributed by atoms with Crippen molar-refractivity contribution in [1.29, 1.82) is 0 Å². The van der Waals surface area contributed by atoms with Gasteiger partial charge in [0.25, 0.3) is 0 Å². The Morgan fingerprint density at radius 3 is 2.50 bits per heavy atom. The molecule has 0 atom stereocenters. The zero-order valence-corrected chi connectivity index (χ0v) is 11.9. The highest BCUT2D eigenvalue weighted by atomic mass is 16.5. The monoisotopic (exact) mass is 269 g/mol. The number of hydrogen-bond donors (Lipinski definition) is 0. The molecule has 0 N–H and O–H groups in total. The Labute approximate surface area is 119 Å². The van der Waals surface area contributed by atoms with Crippen molar-refractivity contribution in [1.82, 2.24) is 4.90 Å². The molecule has 0 fully saturated rings. The van der Waals surface area contributed by atoms with E-state index in [-0.39, 0.29) is 0 Å². The molecule has 104 valence electrons. The van der Waals surface area contributed by atoms with E-state index in [0.29, 0.717) is 6.54 Å². The van der Waals surface area contributed by atoms with Crippen LogP contribution in [0.15, 0.2) is 70.8 Å². The molecule has 0 spiro atoms. The Bertz CT molecular complexity index is 525. The van der Waals surface area contributed by atoms with E-state index in [0.717, 1.165) is 17.7 Å². The van der Waals surface area contributed by atoms with Crippen molar-refractivity contribution in [2.75, 3.05) is 20.7 Å². The third-order valence-corrected chi connectivity index (χ3v) is 2.95. The lowest BCUT2D eigenvalue weighted by Gasteiger charge is -2.10. The number of rotatable bonds is 5. The second kappa shape index (κ2) is 7.28. The second-order valence-electron chi connectivity index (χ2n) is 4.50. The largest absolute Gasteiger partial charge is 0.497 e. The number of ether oxygens (including phenoxy) is 1. The highest BCUT2D eigenvalue weighted by Gasteiger charge is 1.95. The van der Waals surface area contributed by atoms with E-state index in [1.807, 2.05) is 48.6 Å². The van der Waals surface area contributed by atoms with E-state index < -0.39 is 0 Å². The fourth-order valence-corrected chi connectivity index (χ4v) is 1.74. The molecule has 1 heterocycles. The van der Waals surface area contributed by atoms with Crippen LogP contribution < -0.4 is 4.74 Å². The van der Waals surface area contributed by atoms with Gasteiger partial charge >= 0.3 is 0 Å². The number of nitrogens with zero attached hydrogens (tertiary/aromatic N) is 3. The minimum absolute atomic E-state index is 0.684. The van der Waals surface area contributed by atoms with Crippen LogP contribution >= 0.6 is 0 Å². The third-order valence-electron chi connectivity index (χ3n) is 2.95. The second-order valence-corrected chi connectivity index (χ2v) is 4.50. The standard InChI is InChI=1S/C16H19N3O/c1-19-11-8-15(9-12-19)13-18-17-10-7-14-3-5-16(20-2)6-4-14/h3-6,8-9,11-13H,7,10H2,1-2H3. The summed E-state index contributed by atoms with van der Waals surface area (Å²) in [6.07, 6.45) is 10.6. The van der Waals surface area contributed by atoms with Gasteiger partial charge in [-0.25, -0.2) is 0 Å². The van der Waals surface area contributed by atoms with Gasteiger partial charge in [0.15, 0.2) is 0 Å². The number of azo groups is 1. The molecule has 1 aromatic rings. The Morgan fingerprint density at radius 1 is 1.15 bits per heavy atom. The van der Waals surface area contributed by atoms with Gasteiger partial charge in [-0.2, -0.15) is 10.2 Å². The lowest BCUT2D eigenvalue weighted by Crippen LogP contribution is -2.02. The van der Waals surface area contributed by atoms with Gasteiger partial charge < -0.3 is 9.64 Å². The van der Waals surface area contributed by atoms with Crippen molar-refractivity contribution >= 4 is 0 Å². The van der Waals surface area contributed by atoms with Gasteiger partial charge in [-0.3, -0.25) is 0 Å². The minimum atomic E-state index is 0.684. The van der Waals surface area contributed by atoms with E-state index in [9.17, 15) is 0 Å².